The average molecular weight is 540 g/mol. The third-order valence-corrected chi connectivity index (χ3v) is 6.13. The molecule has 1 saturated carbocycles. The zero-order valence-electron chi connectivity index (χ0n) is 19.4. The molecule has 3 rings (SSSR count). The van der Waals surface area contributed by atoms with E-state index in [1.54, 1.807) is 7.11 Å². The summed E-state index contributed by atoms with van der Waals surface area (Å²) in [5, 5.41) is 8.20. The highest BCUT2D eigenvalue weighted by atomic mass is 127. The van der Waals surface area contributed by atoms with Gasteiger partial charge in [0.1, 0.15) is 5.82 Å². The van der Waals surface area contributed by atoms with E-state index in [9.17, 15) is 0 Å². The molecule has 0 aliphatic heterocycles. The lowest BCUT2D eigenvalue weighted by Crippen LogP contribution is -2.43. The second-order valence-corrected chi connectivity index (χ2v) is 8.55. The van der Waals surface area contributed by atoms with Crippen LogP contribution in [0.15, 0.2) is 35.3 Å². The summed E-state index contributed by atoms with van der Waals surface area (Å²) in [4.78, 5) is 11.7. The molecule has 0 bridgehead atoms. The van der Waals surface area contributed by atoms with Crippen LogP contribution in [0, 0.1) is 5.41 Å². The molecule has 1 aromatic heterocycles. The van der Waals surface area contributed by atoms with Crippen LogP contribution < -0.4 is 15.5 Å². The number of benzene rings is 1. The quantitative estimate of drug-likeness (QED) is 0.278. The average Bonchev–Trinajstić information content (AvgIpc) is 3.23. The fourth-order valence-electron chi connectivity index (χ4n) is 4.33. The summed E-state index contributed by atoms with van der Waals surface area (Å²) in [6, 6.07) is 10.4. The van der Waals surface area contributed by atoms with Crippen LogP contribution in [0.3, 0.4) is 0 Å². The number of hydrogen-bond donors (Lipinski definition) is 2. The molecule has 2 aromatic rings. The second kappa shape index (κ2) is 12.4. The molecule has 7 heteroatoms. The SMILES string of the molecule is CCNC(=NCc1cc(N(C)C)nc2ccccc12)NCC1(CCOC)CCCC1.I. The number of ether oxygens (including phenoxy) is 1. The van der Waals surface area contributed by atoms with Crippen molar-refractivity contribution in [3.8, 4) is 0 Å². The van der Waals surface area contributed by atoms with E-state index >= 15 is 0 Å². The predicted octanol–water partition coefficient (Wildman–Crippen LogP) is 4.57. The standard InChI is InChI=1S/C24H37N5O.HI/c1-5-25-23(27-18-24(14-15-30-4)12-8-9-13-24)26-17-19-16-22(29(2)3)28-21-11-7-6-10-20(19)21;/h6-7,10-11,16H,5,8-9,12-15,17-18H2,1-4H3,(H2,25,26,27);1H. The fraction of sp³-hybridized carbons (Fsp3) is 0.583. The minimum absolute atomic E-state index is 0. The van der Waals surface area contributed by atoms with E-state index in [-0.39, 0.29) is 24.0 Å². The molecule has 1 heterocycles. The van der Waals surface area contributed by atoms with Crippen molar-refractivity contribution in [2.24, 2.45) is 10.4 Å². The topological polar surface area (TPSA) is 61.8 Å². The van der Waals surface area contributed by atoms with E-state index < -0.39 is 0 Å². The Labute approximate surface area is 204 Å². The summed E-state index contributed by atoms with van der Waals surface area (Å²) in [6.45, 7) is 5.34. The van der Waals surface area contributed by atoms with Crippen molar-refractivity contribution in [2.75, 3.05) is 45.8 Å². The van der Waals surface area contributed by atoms with Crippen LogP contribution in [0.4, 0.5) is 5.82 Å². The molecule has 1 aromatic carbocycles. The number of halogens is 1. The lowest BCUT2D eigenvalue weighted by molar-refractivity contribution is 0.138. The summed E-state index contributed by atoms with van der Waals surface area (Å²) in [7, 11) is 5.84. The highest BCUT2D eigenvalue weighted by Gasteiger charge is 2.33. The van der Waals surface area contributed by atoms with Crippen molar-refractivity contribution in [3.63, 3.8) is 0 Å². The third-order valence-electron chi connectivity index (χ3n) is 6.13. The van der Waals surface area contributed by atoms with Crippen LogP contribution in [0.2, 0.25) is 0 Å². The minimum Gasteiger partial charge on any atom is -0.385 e. The van der Waals surface area contributed by atoms with Crippen molar-refractivity contribution in [2.45, 2.75) is 45.6 Å². The molecule has 0 radical (unpaired) electrons. The van der Waals surface area contributed by atoms with Crippen molar-refractivity contribution < 1.29 is 4.74 Å². The molecular formula is C24H38IN5O. The zero-order valence-corrected chi connectivity index (χ0v) is 21.7. The maximum Gasteiger partial charge on any atom is 0.191 e. The fourth-order valence-corrected chi connectivity index (χ4v) is 4.33. The molecule has 1 aliphatic rings. The van der Waals surface area contributed by atoms with Gasteiger partial charge in [0.2, 0.25) is 0 Å². The van der Waals surface area contributed by atoms with Gasteiger partial charge in [-0.05, 0) is 49.3 Å². The monoisotopic (exact) mass is 539 g/mol. The van der Waals surface area contributed by atoms with Gasteiger partial charge in [0, 0.05) is 46.3 Å². The predicted molar refractivity (Wildman–Crippen MR) is 142 cm³/mol. The van der Waals surface area contributed by atoms with Crippen LogP contribution in [0.1, 0.15) is 44.6 Å². The Morgan fingerprint density at radius 1 is 1.19 bits per heavy atom. The van der Waals surface area contributed by atoms with Gasteiger partial charge in [-0.25, -0.2) is 9.98 Å². The summed E-state index contributed by atoms with van der Waals surface area (Å²) < 4.78 is 5.38. The highest BCUT2D eigenvalue weighted by molar-refractivity contribution is 14.0. The van der Waals surface area contributed by atoms with Gasteiger partial charge in [0.05, 0.1) is 12.1 Å². The van der Waals surface area contributed by atoms with Gasteiger partial charge in [-0.1, -0.05) is 31.0 Å². The van der Waals surface area contributed by atoms with Gasteiger partial charge in [0.25, 0.3) is 0 Å². The van der Waals surface area contributed by atoms with Crippen molar-refractivity contribution in [3.05, 3.63) is 35.9 Å². The number of rotatable bonds is 9. The lowest BCUT2D eigenvalue weighted by Gasteiger charge is -2.30. The molecule has 0 saturated heterocycles. The number of aromatic nitrogens is 1. The number of hydrogen-bond acceptors (Lipinski definition) is 4. The number of guanidine groups is 1. The summed E-state index contributed by atoms with van der Waals surface area (Å²) in [6.07, 6.45) is 6.27. The maximum absolute atomic E-state index is 5.38. The summed E-state index contributed by atoms with van der Waals surface area (Å²) >= 11 is 0. The Balaban J connectivity index is 0.00000341. The number of para-hydroxylation sites is 1. The number of nitrogens with one attached hydrogen (secondary N) is 2. The Morgan fingerprint density at radius 3 is 2.61 bits per heavy atom. The second-order valence-electron chi connectivity index (χ2n) is 8.55. The molecule has 0 unspecified atom stereocenters. The number of pyridine rings is 1. The Bertz CT molecular complexity index is 849. The van der Waals surface area contributed by atoms with E-state index in [0.717, 1.165) is 48.8 Å². The Hall–Kier alpha value is -1.61. The smallest absolute Gasteiger partial charge is 0.191 e. The molecule has 172 valence electrons. The zero-order chi connectivity index (χ0) is 21.4. The van der Waals surface area contributed by atoms with Crippen LogP contribution in [-0.4, -0.2) is 51.8 Å². The van der Waals surface area contributed by atoms with E-state index in [0.29, 0.717) is 12.0 Å². The lowest BCUT2D eigenvalue weighted by atomic mass is 9.83. The maximum atomic E-state index is 5.38. The van der Waals surface area contributed by atoms with Crippen LogP contribution >= 0.6 is 24.0 Å². The first-order valence-electron chi connectivity index (χ1n) is 11.1. The molecule has 0 spiro atoms. The van der Waals surface area contributed by atoms with Crippen molar-refractivity contribution >= 4 is 46.7 Å². The number of anilines is 1. The normalized spacial score (nSPS) is 15.5. The van der Waals surface area contributed by atoms with E-state index in [2.05, 4.69) is 41.8 Å². The first kappa shape index (κ1) is 25.6. The molecular weight excluding hydrogens is 501 g/mol. The number of aliphatic imine (C=N–C) groups is 1. The Morgan fingerprint density at radius 2 is 1.94 bits per heavy atom. The van der Waals surface area contributed by atoms with Gasteiger partial charge < -0.3 is 20.3 Å². The van der Waals surface area contributed by atoms with Crippen LogP contribution in [0.5, 0.6) is 0 Å². The van der Waals surface area contributed by atoms with E-state index in [1.165, 1.54) is 31.2 Å². The molecule has 2 N–H and O–H groups in total. The first-order valence-corrected chi connectivity index (χ1v) is 11.1. The van der Waals surface area contributed by atoms with Gasteiger partial charge >= 0.3 is 0 Å². The molecule has 6 nitrogen and oxygen atoms in total. The number of nitrogens with zero attached hydrogens (tertiary/aromatic N) is 3. The minimum atomic E-state index is 0. The molecule has 1 fully saturated rings. The van der Waals surface area contributed by atoms with Crippen LogP contribution in [-0.2, 0) is 11.3 Å². The molecule has 1 aliphatic carbocycles. The largest absolute Gasteiger partial charge is 0.385 e. The number of methoxy groups -OCH3 is 1. The van der Waals surface area contributed by atoms with Gasteiger partial charge in [-0.2, -0.15) is 0 Å². The van der Waals surface area contributed by atoms with E-state index in [1.807, 2.05) is 25.1 Å². The Kier molecular flexibility index (Phi) is 10.3. The van der Waals surface area contributed by atoms with Crippen LogP contribution in [0.25, 0.3) is 10.9 Å². The molecule has 31 heavy (non-hydrogen) atoms. The summed E-state index contributed by atoms with van der Waals surface area (Å²) in [5.41, 5.74) is 2.53. The van der Waals surface area contributed by atoms with Gasteiger partial charge in [-0.3, -0.25) is 0 Å². The van der Waals surface area contributed by atoms with Gasteiger partial charge in [-0.15, -0.1) is 24.0 Å². The third kappa shape index (κ3) is 6.94. The summed E-state index contributed by atoms with van der Waals surface area (Å²) in [5.74, 6) is 1.84. The number of fused-ring (bicyclic) bond motifs is 1. The van der Waals surface area contributed by atoms with Crippen molar-refractivity contribution in [1.82, 2.24) is 15.6 Å². The molecule has 0 amide bonds. The highest BCUT2D eigenvalue weighted by Crippen LogP contribution is 2.40. The van der Waals surface area contributed by atoms with Crippen molar-refractivity contribution in [1.29, 1.82) is 0 Å². The molecule has 0 atom stereocenters. The first-order chi connectivity index (χ1) is 14.6. The van der Waals surface area contributed by atoms with E-state index in [4.69, 9.17) is 14.7 Å². The van der Waals surface area contributed by atoms with Gasteiger partial charge in [0.15, 0.2) is 5.96 Å².